The number of piperidine rings is 1. The van der Waals surface area contributed by atoms with Crippen molar-refractivity contribution in [3.63, 3.8) is 0 Å². The highest BCUT2D eigenvalue weighted by Crippen LogP contribution is 2.37. The van der Waals surface area contributed by atoms with Gasteiger partial charge in [0.05, 0.1) is 0 Å². The summed E-state index contributed by atoms with van der Waals surface area (Å²) < 4.78 is 5.11. The van der Waals surface area contributed by atoms with Crippen LogP contribution >= 0.6 is 0 Å². The third-order valence-electron chi connectivity index (χ3n) is 6.34. The van der Waals surface area contributed by atoms with Crippen LogP contribution in [0, 0.1) is 5.41 Å². The molecule has 1 saturated heterocycles. The minimum atomic E-state index is -1.50. The van der Waals surface area contributed by atoms with E-state index >= 15 is 0 Å². The Labute approximate surface area is 243 Å². The molecule has 0 bridgehead atoms. The number of fused-ring (bicyclic) bond motifs is 3. The quantitative estimate of drug-likeness (QED) is 0.219. The first-order chi connectivity index (χ1) is 18.6. The molecule has 0 aliphatic carbocycles. The summed E-state index contributed by atoms with van der Waals surface area (Å²) in [5.74, 6) is -1.33. The van der Waals surface area contributed by atoms with Gasteiger partial charge >= 0.3 is 0 Å². The molecule has 0 aromatic heterocycles. The van der Waals surface area contributed by atoms with Gasteiger partial charge in [0.2, 0.25) is 11.8 Å². The van der Waals surface area contributed by atoms with E-state index in [1.165, 1.54) is 19.4 Å². The Kier molecular flexibility index (Phi) is 17.2. The molecule has 0 spiro atoms. The molecule has 0 saturated carbocycles. The fraction of sp³-hybridized carbons (Fsp3) is 0.688. The van der Waals surface area contributed by atoms with Crippen LogP contribution < -0.4 is 11.1 Å². The number of amides is 2. The maximum Gasteiger partial charge on any atom is 0.248 e. The Balaban J connectivity index is 0.000000621. The monoisotopic (exact) mass is 563 g/mol. The van der Waals surface area contributed by atoms with E-state index in [2.05, 4.69) is 50.4 Å². The number of aliphatic hydroxyl groups is 2. The summed E-state index contributed by atoms with van der Waals surface area (Å²) >= 11 is 0. The number of hydrogen-bond acceptors (Lipinski definition) is 6. The average Bonchev–Trinajstić information content (AvgIpc) is 3.00. The molecule has 2 aliphatic rings. The van der Waals surface area contributed by atoms with E-state index in [0.29, 0.717) is 6.42 Å². The molecular weight excluding hydrogens is 506 g/mol. The molecule has 8 heteroatoms. The number of aryl methyl sites for hydroxylation is 1. The van der Waals surface area contributed by atoms with Crippen molar-refractivity contribution in [2.45, 2.75) is 117 Å². The van der Waals surface area contributed by atoms with Crippen molar-refractivity contribution in [1.82, 2.24) is 10.2 Å². The van der Waals surface area contributed by atoms with E-state index in [1.54, 1.807) is 14.2 Å². The van der Waals surface area contributed by atoms with Crippen LogP contribution in [0.1, 0.15) is 105 Å². The van der Waals surface area contributed by atoms with Gasteiger partial charge in [0.25, 0.3) is 0 Å². The lowest BCUT2D eigenvalue weighted by molar-refractivity contribution is -0.140. The van der Waals surface area contributed by atoms with Crippen LogP contribution in [-0.2, 0) is 26.4 Å². The summed E-state index contributed by atoms with van der Waals surface area (Å²) in [6, 6.07) is 8.25. The van der Waals surface area contributed by atoms with E-state index in [4.69, 9.17) is 20.7 Å². The predicted octanol–water partition coefficient (Wildman–Crippen LogP) is 5.01. The molecule has 40 heavy (non-hydrogen) atoms. The van der Waals surface area contributed by atoms with Crippen molar-refractivity contribution >= 4 is 11.8 Å². The topological polar surface area (TPSA) is 125 Å². The van der Waals surface area contributed by atoms with Crippen molar-refractivity contribution < 1.29 is 24.5 Å². The molecular formula is C32H57N3O5. The highest BCUT2D eigenvalue weighted by Gasteiger charge is 2.42. The summed E-state index contributed by atoms with van der Waals surface area (Å²) in [6.07, 6.45) is 11.3. The number of carbonyl (C=O) groups is 2. The van der Waals surface area contributed by atoms with Gasteiger partial charge < -0.3 is 30.9 Å². The van der Waals surface area contributed by atoms with Gasteiger partial charge in [-0.05, 0) is 75.3 Å². The van der Waals surface area contributed by atoms with Crippen LogP contribution in [0.3, 0.4) is 0 Å². The summed E-state index contributed by atoms with van der Waals surface area (Å²) in [6.45, 7) is 13.9. The molecule has 1 aromatic carbocycles. The highest BCUT2D eigenvalue weighted by atomic mass is 16.5. The molecule has 5 N–H and O–H groups in total. The Hall–Kier alpha value is -2.26. The number of likely N-dealkylation sites (N-methyl/N-ethyl adjacent to an activating group) is 1. The number of methoxy groups -OCH3 is 1. The van der Waals surface area contributed by atoms with Crippen LogP contribution in [0.2, 0.25) is 0 Å². The van der Waals surface area contributed by atoms with Crippen LogP contribution in [0.25, 0.3) is 0 Å². The maximum absolute atomic E-state index is 12.2. The summed E-state index contributed by atoms with van der Waals surface area (Å²) in [4.78, 5) is 25.4. The number of nitrogens with two attached hydrogens (primary N) is 1. The van der Waals surface area contributed by atoms with Crippen molar-refractivity contribution in [2.24, 2.45) is 11.1 Å². The van der Waals surface area contributed by atoms with Crippen molar-refractivity contribution in [3.8, 4) is 0 Å². The number of rotatable bonds is 6. The lowest BCUT2D eigenvalue weighted by Crippen LogP contribution is -2.57. The molecule has 2 heterocycles. The SMILES string of the molecule is CC.CC(C)(O)O.CNC(=O)C(CCC/C=C/C(C)(C)C)OC.NC12CCCCN1C(=O)CCc1ccccc12. The van der Waals surface area contributed by atoms with E-state index < -0.39 is 11.4 Å². The number of carbonyl (C=O) groups excluding carboxylic acids is 2. The molecule has 2 unspecified atom stereocenters. The van der Waals surface area contributed by atoms with Crippen LogP contribution in [0.15, 0.2) is 36.4 Å². The standard InChI is InChI=1S/C14H18N2O.C13H25NO2.C3H8O2.C2H6/c15-14-9-3-4-10-16(14)13(17)8-7-11-5-1-2-6-12(11)14;1-13(2,3)10-8-6-7-9-11(16-5)12(15)14-4;1-3(2,4)5;1-2/h1-2,5-6H,3-4,7-10,15H2;8,10-11H,6-7,9H2,1-5H3,(H,14,15);4-5H,1-2H3;1-2H3/b;10-8+;;. The van der Waals surface area contributed by atoms with E-state index in [0.717, 1.165) is 57.1 Å². The summed E-state index contributed by atoms with van der Waals surface area (Å²) in [5, 5.41) is 18.8. The first-order valence-corrected chi connectivity index (χ1v) is 14.7. The third kappa shape index (κ3) is 14.4. The zero-order valence-corrected chi connectivity index (χ0v) is 26.5. The lowest BCUT2D eigenvalue weighted by atomic mass is 9.87. The van der Waals surface area contributed by atoms with Gasteiger partial charge in [-0.25, -0.2) is 0 Å². The molecule has 230 valence electrons. The van der Waals surface area contributed by atoms with Gasteiger partial charge in [0, 0.05) is 27.1 Å². The number of unbranched alkanes of at least 4 members (excludes halogenated alkanes) is 1. The van der Waals surface area contributed by atoms with Crippen LogP contribution in [-0.4, -0.2) is 59.5 Å². The van der Waals surface area contributed by atoms with Crippen molar-refractivity contribution in [3.05, 3.63) is 47.5 Å². The number of nitrogens with one attached hydrogen (secondary N) is 1. The first kappa shape index (κ1) is 37.7. The molecule has 0 radical (unpaired) electrons. The molecule has 2 amide bonds. The van der Waals surface area contributed by atoms with Crippen molar-refractivity contribution in [2.75, 3.05) is 20.7 Å². The highest BCUT2D eigenvalue weighted by molar-refractivity contribution is 5.80. The number of hydrogen-bond donors (Lipinski definition) is 4. The van der Waals surface area contributed by atoms with Gasteiger partial charge in [0.15, 0.2) is 5.79 Å². The van der Waals surface area contributed by atoms with Gasteiger partial charge in [-0.3, -0.25) is 9.59 Å². The smallest absolute Gasteiger partial charge is 0.248 e. The normalized spacial score (nSPS) is 19.3. The minimum Gasteiger partial charge on any atom is -0.372 e. The van der Waals surface area contributed by atoms with Crippen LogP contribution in [0.5, 0.6) is 0 Å². The Morgan fingerprint density at radius 3 is 2.30 bits per heavy atom. The van der Waals surface area contributed by atoms with Crippen molar-refractivity contribution in [1.29, 1.82) is 0 Å². The van der Waals surface area contributed by atoms with E-state index in [9.17, 15) is 9.59 Å². The summed E-state index contributed by atoms with van der Waals surface area (Å²) in [5.41, 5.74) is 8.66. The first-order valence-electron chi connectivity index (χ1n) is 14.7. The zero-order chi connectivity index (χ0) is 31.0. The second kappa shape index (κ2) is 18.2. The van der Waals surface area contributed by atoms with E-state index in [-0.39, 0.29) is 23.3 Å². The van der Waals surface area contributed by atoms with Gasteiger partial charge in [0.1, 0.15) is 11.8 Å². The fourth-order valence-electron chi connectivity index (χ4n) is 4.54. The largest absolute Gasteiger partial charge is 0.372 e. The molecule has 3 rings (SSSR count). The lowest BCUT2D eigenvalue weighted by Gasteiger charge is -2.44. The predicted molar refractivity (Wildman–Crippen MR) is 163 cm³/mol. The maximum atomic E-state index is 12.2. The number of benzene rings is 1. The molecule has 8 nitrogen and oxygen atoms in total. The van der Waals surface area contributed by atoms with Crippen LogP contribution in [0.4, 0.5) is 0 Å². The third-order valence-corrected chi connectivity index (χ3v) is 6.34. The minimum absolute atomic E-state index is 0.0395. The van der Waals surface area contributed by atoms with E-state index in [1.807, 2.05) is 30.9 Å². The number of allylic oxidation sites excluding steroid dienone is 2. The molecule has 1 fully saturated rings. The molecule has 1 aromatic rings. The van der Waals surface area contributed by atoms with Gasteiger partial charge in [-0.1, -0.05) is 71.0 Å². The second-order valence-corrected chi connectivity index (χ2v) is 11.6. The Bertz CT molecular complexity index is 899. The molecule has 2 aliphatic heterocycles. The Morgan fingerprint density at radius 1 is 1.15 bits per heavy atom. The fourth-order valence-corrected chi connectivity index (χ4v) is 4.54. The number of ether oxygens (including phenoxy) is 1. The van der Waals surface area contributed by atoms with Gasteiger partial charge in [-0.2, -0.15) is 0 Å². The molecule has 2 atom stereocenters. The summed E-state index contributed by atoms with van der Waals surface area (Å²) in [7, 11) is 3.21. The number of nitrogens with zero attached hydrogens (tertiary/aromatic N) is 1. The Morgan fingerprint density at radius 2 is 1.75 bits per heavy atom. The second-order valence-electron chi connectivity index (χ2n) is 11.6. The zero-order valence-electron chi connectivity index (χ0n) is 26.5. The van der Waals surface area contributed by atoms with Gasteiger partial charge in [-0.15, -0.1) is 0 Å². The average molecular weight is 564 g/mol.